The highest BCUT2D eigenvalue weighted by atomic mass is 16.2. The van der Waals surface area contributed by atoms with E-state index in [-0.39, 0.29) is 11.8 Å². The first-order valence-electron chi connectivity index (χ1n) is 7.30. The number of piperidine rings is 1. The molecular formula is C14H25N3O2. The third kappa shape index (κ3) is 4.82. The standard InChI is InChI=1S/C14H25N3O2/c1-11-5-7-17(8-6-11)14(19)10-16(2)9-13(18)15-12-3-4-12/h11-12H,3-10H2,1-2H3,(H,15,18). The third-order valence-corrected chi connectivity index (χ3v) is 3.90. The van der Waals surface area contributed by atoms with Crippen LogP contribution in [0.3, 0.4) is 0 Å². The van der Waals surface area contributed by atoms with Gasteiger partial charge in [-0.3, -0.25) is 14.5 Å². The van der Waals surface area contributed by atoms with Crippen molar-refractivity contribution in [2.75, 3.05) is 33.2 Å². The Hall–Kier alpha value is -1.10. The van der Waals surface area contributed by atoms with Crippen LogP contribution in [-0.2, 0) is 9.59 Å². The predicted molar refractivity (Wildman–Crippen MR) is 73.6 cm³/mol. The SMILES string of the molecule is CC1CCN(C(=O)CN(C)CC(=O)NC2CC2)CC1. The summed E-state index contributed by atoms with van der Waals surface area (Å²) in [5, 5.41) is 2.94. The van der Waals surface area contributed by atoms with E-state index < -0.39 is 0 Å². The zero-order valence-electron chi connectivity index (χ0n) is 12.0. The fraction of sp³-hybridized carbons (Fsp3) is 0.857. The molecule has 1 aliphatic carbocycles. The van der Waals surface area contributed by atoms with Gasteiger partial charge in [0.25, 0.3) is 0 Å². The lowest BCUT2D eigenvalue weighted by atomic mass is 9.99. The molecule has 1 heterocycles. The molecule has 5 nitrogen and oxygen atoms in total. The van der Waals surface area contributed by atoms with Crippen LogP contribution in [-0.4, -0.2) is 60.9 Å². The van der Waals surface area contributed by atoms with Gasteiger partial charge < -0.3 is 10.2 Å². The molecular weight excluding hydrogens is 242 g/mol. The van der Waals surface area contributed by atoms with E-state index in [2.05, 4.69) is 12.2 Å². The Morgan fingerprint density at radius 3 is 2.37 bits per heavy atom. The highest BCUT2D eigenvalue weighted by Crippen LogP contribution is 2.18. The van der Waals surface area contributed by atoms with Crippen LogP contribution in [0.15, 0.2) is 0 Å². The maximum absolute atomic E-state index is 12.1. The van der Waals surface area contributed by atoms with Gasteiger partial charge in [-0.2, -0.15) is 0 Å². The van der Waals surface area contributed by atoms with Crippen molar-refractivity contribution in [3.63, 3.8) is 0 Å². The fourth-order valence-electron chi connectivity index (χ4n) is 2.39. The molecule has 2 rings (SSSR count). The van der Waals surface area contributed by atoms with Gasteiger partial charge in [0, 0.05) is 19.1 Å². The van der Waals surface area contributed by atoms with Crippen LogP contribution >= 0.6 is 0 Å². The molecule has 1 N–H and O–H groups in total. The van der Waals surface area contributed by atoms with E-state index >= 15 is 0 Å². The molecule has 1 aliphatic heterocycles. The number of hydrogen-bond donors (Lipinski definition) is 1. The van der Waals surface area contributed by atoms with Gasteiger partial charge >= 0.3 is 0 Å². The minimum atomic E-state index is 0.0325. The first kappa shape index (κ1) is 14.3. The van der Waals surface area contributed by atoms with E-state index in [1.165, 1.54) is 0 Å². The summed E-state index contributed by atoms with van der Waals surface area (Å²) < 4.78 is 0. The average molecular weight is 267 g/mol. The van der Waals surface area contributed by atoms with Crippen molar-refractivity contribution in [1.82, 2.24) is 15.1 Å². The number of rotatable bonds is 5. The Bertz CT molecular complexity index is 334. The number of likely N-dealkylation sites (N-methyl/N-ethyl adjacent to an activating group) is 1. The van der Waals surface area contributed by atoms with Gasteiger partial charge in [0.15, 0.2) is 0 Å². The average Bonchev–Trinajstić information content (AvgIpc) is 3.13. The van der Waals surface area contributed by atoms with Crippen LogP contribution in [0.4, 0.5) is 0 Å². The Balaban J connectivity index is 1.67. The maximum Gasteiger partial charge on any atom is 0.236 e. The number of nitrogens with one attached hydrogen (secondary N) is 1. The van der Waals surface area contributed by atoms with Gasteiger partial charge in [-0.1, -0.05) is 6.92 Å². The number of likely N-dealkylation sites (tertiary alicyclic amines) is 1. The van der Waals surface area contributed by atoms with Crippen LogP contribution in [0.5, 0.6) is 0 Å². The molecule has 0 aromatic rings. The zero-order valence-corrected chi connectivity index (χ0v) is 12.0. The van der Waals surface area contributed by atoms with Gasteiger partial charge in [0.05, 0.1) is 13.1 Å². The lowest BCUT2D eigenvalue weighted by molar-refractivity contribution is -0.134. The molecule has 0 aromatic carbocycles. The molecule has 19 heavy (non-hydrogen) atoms. The lowest BCUT2D eigenvalue weighted by Gasteiger charge is -2.31. The molecule has 5 heteroatoms. The maximum atomic E-state index is 12.1. The number of carbonyl (C=O) groups is 2. The first-order chi connectivity index (χ1) is 9.04. The Labute approximate surface area is 115 Å². The summed E-state index contributed by atoms with van der Waals surface area (Å²) in [6.07, 6.45) is 4.38. The topological polar surface area (TPSA) is 52.7 Å². The second-order valence-corrected chi connectivity index (χ2v) is 6.08. The monoisotopic (exact) mass is 267 g/mol. The number of hydrogen-bond acceptors (Lipinski definition) is 3. The molecule has 0 radical (unpaired) electrons. The van der Waals surface area contributed by atoms with Gasteiger partial charge in [-0.15, -0.1) is 0 Å². The van der Waals surface area contributed by atoms with Crippen LogP contribution in [0, 0.1) is 5.92 Å². The fourth-order valence-corrected chi connectivity index (χ4v) is 2.39. The zero-order chi connectivity index (χ0) is 13.8. The summed E-state index contributed by atoms with van der Waals surface area (Å²) in [5.41, 5.74) is 0. The van der Waals surface area contributed by atoms with Crippen molar-refractivity contribution in [2.24, 2.45) is 5.92 Å². The molecule has 0 atom stereocenters. The highest BCUT2D eigenvalue weighted by molar-refractivity contribution is 5.81. The largest absolute Gasteiger partial charge is 0.352 e. The third-order valence-electron chi connectivity index (χ3n) is 3.90. The number of carbonyl (C=O) groups excluding carboxylic acids is 2. The number of amides is 2. The first-order valence-corrected chi connectivity index (χ1v) is 7.30. The lowest BCUT2D eigenvalue weighted by Crippen LogP contribution is -2.45. The van der Waals surface area contributed by atoms with E-state index in [0.29, 0.717) is 19.1 Å². The summed E-state index contributed by atoms with van der Waals surface area (Å²) in [5.74, 6) is 0.907. The highest BCUT2D eigenvalue weighted by Gasteiger charge is 2.25. The van der Waals surface area contributed by atoms with Gasteiger partial charge in [0.1, 0.15) is 0 Å². The minimum Gasteiger partial charge on any atom is -0.352 e. The van der Waals surface area contributed by atoms with Gasteiger partial charge in [0.2, 0.25) is 11.8 Å². The normalized spacial score (nSPS) is 20.7. The molecule has 2 amide bonds. The molecule has 1 saturated carbocycles. The summed E-state index contributed by atoms with van der Waals surface area (Å²) in [4.78, 5) is 27.4. The van der Waals surface area contributed by atoms with Crippen LogP contribution < -0.4 is 5.32 Å². The molecule has 2 fully saturated rings. The summed E-state index contributed by atoms with van der Waals surface area (Å²) in [6, 6.07) is 0.389. The Morgan fingerprint density at radius 1 is 1.16 bits per heavy atom. The molecule has 108 valence electrons. The molecule has 2 aliphatic rings. The number of nitrogens with zero attached hydrogens (tertiary/aromatic N) is 2. The molecule has 0 bridgehead atoms. The van der Waals surface area contributed by atoms with Gasteiger partial charge in [-0.05, 0) is 38.6 Å². The van der Waals surface area contributed by atoms with E-state index in [4.69, 9.17) is 0 Å². The van der Waals surface area contributed by atoms with Crippen molar-refractivity contribution >= 4 is 11.8 Å². The molecule has 0 spiro atoms. The summed E-state index contributed by atoms with van der Waals surface area (Å²) >= 11 is 0. The van der Waals surface area contributed by atoms with Crippen LogP contribution in [0.1, 0.15) is 32.6 Å². The van der Waals surface area contributed by atoms with Crippen molar-refractivity contribution in [3.8, 4) is 0 Å². The van der Waals surface area contributed by atoms with Crippen LogP contribution in [0.2, 0.25) is 0 Å². The Kier molecular flexibility index (Phi) is 4.80. The van der Waals surface area contributed by atoms with Crippen molar-refractivity contribution in [2.45, 2.75) is 38.6 Å². The summed E-state index contributed by atoms with van der Waals surface area (Å²) in [6.45, 7) is 4.61. The second kappa shape index (κ2) is 6.37. The van der Waals surface area contributed by atoms with Crippen molar-refractivity contribution in [3.05, 3.63) is 0 Å². The van der Waals surface area contributed by atoms with E-state index in [9.17, 15) is 9.59 Å². The van der Waals surface area contributed by atoms with E-state index in [0.717, 1.165) is 44.7 Å². The minimum absolute atomic E-state index is 0.0325. The molecule has 0 aromatic heterocycles. The van der Waals surface area contributed by atoms with E-state index in [1.807, 2.05) is 11.9 Å². The molecule has 0 unspecified atom stereocenters. The Morgan fingerprint density at radius 2 is 1.79 bits per heavy atom. The van der Waals surface area contributed by atoms with Gasteiger partial charge in [-0.25, -0.2) is 0 Å². The second-order valence-electron chi connectivity index (χ2n) is 6.08. The molecule has 1 saturated heterocycles. The smallest absolute Gasteiger partial charge is 0.236 e. The van der Waals surface area contributed by atoms with E-state index in [1.54, 1.807) is 4.90 Å². The summed E-state index contributed by atoms with van der Waals surface area (Å²) in [7, 11) is 1.83. The predicted octanol–water partition coefficient (Wildman–Crippen LogP) is 0.455. The van der Waals surface area contributed by atoms with Crippen molar-refractivity contribution in [1.29, 1.82) is 0 Å². The van der Waals surface area contributed by atoms with Crippen LogP contribution in [0.25, 0.3) is 0 Å². The van der Waals surface area contributed by atoms with Crippen molar-refractivity contribution < 1.29 is 9.59 Å². The quantitative estimate of drug-likeness (QED) is 0.787.